The maximum absolute atomic E-state index is 11.8. The number of unbranched alkanes of at least 4 members (excludes halogenated alkanes) is 1. The van der Waals surface area contributed by atoms with Crippen LogP contribution in [0, 0.1) is 0 Å². The first kappa shape index (κ1) is 13.4. The largest absolute Gasteiger partial charge is 0.462 e. The molecule has 0 saturated carbocycles. The second-order valence-corrected chi connectivity index (χ2v) is 3.83. The van der Waals surface area contributed by atoms with Gasteiger partial charge in [-0.15, -0.1) is 0 Å². The number of hydrogen-bond acceptors (Lipinski definition) is 3. The van der Waals surface area contributed by atoms with Crippen molar-refractivity contribution in [2.24, 2.45) is 0 Å². The van der Waals surface area contributed by atoms with Crippen LogP contribution >= 0.6 is 0 Å². The van der Waals surface area contributed by atoms with Gasteiger partial charge in [-0.05, 0) is 25.5 Å². The number of ketones is 1. The van der Waals surface area contributed by atoms with E-state index in [0.717, 1.165) is 12.8 Å². The molecule has 0 bridgehead atoms. The van der Waals surface area contributed by atoms with Crippen LogP contribution in [0.4, 0.5) is 0 Å². The Morgan fingerprint density at radius 1 is 1.18 bits per heavy atom. The molecule has 3 nitrogen and oxygen atoms in total. The SMILES string of the molecule is CCCCC(=O)c1cccc(C(=O)OCC)c1. The van der Waals surface area contributed by atoms with Crippen LogP contribution < -0.4 is 0 Å². The first-order valence-electron chi connectivity index (χ1n) is 5.99. The Balaban J connectivity index is 2.78. The molecule has 0 aliphatic rings. The van der Waals surface area contributed by atoms with E-state index in [9.17, 15) is 9.59 Å². The van der Waals surface area contributed by atoms with E-state index < -0.39 is 0 Å². The van der Waals surface area contributed by atoms with Gasteiger partial charge >= 0.3 is 5.97 Å². The molecule has 17 heavy (non-hydrogen) atoms. The number of carbonyl (C=O) groups excluding carboxylic acids is 2. The molecule has 0 unspecified atom stereocenters. The third-order valence-electron chi connectivity index (χ3n) is 2.45. The summed E-state index contributed by atoms with van der Waals surface area (Å²) < 4.78 is 4.89. The predicted molar refractivity (Wildman–Crippen MR) is 66.3 cm³/mol. The van der Waals surface area contributed by atoms with Crippen molar-refractivity contribution < 1.29 is 14.3 Å². The van der Waals surface area contributed by atoms with E-state index >= 15 is 0 Å². The molecule has 0 fully saturated rings. The average Bonchev–Trinajstić information content (AvgIpc) is 2.36. The minimum absolute atomic E-state index is 0.0815. The lowest BCUT2D eigenvalue weighted by Gasteiger charge is -2.04. The van der Waals surface area contributed by atoms with Crippen LogP contribution in [0.15, 0.2) is 24.3 Å². The highest BCUT2D eigenvalue weighted by molar-refractivity contribution is 5.99. The summed E-state index contributed by atoms with van der Waals surface area (Å²) in [7, 11) is 0. The number of hydrogen-bond donors (Lipinski definition) is 0. The summed E-state index contributed by atoms with van der Waals surface area (Å²) in [6.45, 7) is 4.14. The number of Topliss-reactive ketones (excluding diaryl/α,β-unsaturated/α-hetero) is 1. The molecule has 0 amide bonds. The molecular formula is C14H18O3. The summed E-state index contributed by atoms with van der Waals surface area (Å²) in [5.41, 5.74) is 1.03. The van der Waals surface area contributed by atoms with Gasteiger partial charge in [-0.3, -0.25) is 4.79 Å². The first-order valence-corrected chi connectivity index (χ1v) is 5.99. The van der Waals surface area contributed by atoms with E-state index in [0.29, 0.717) is 24.2 Å². The van der Waals surface area contributed by atoms with E-state index in [2.05, 4.69) is 0 Å². The third kappa shape index (κ3) is 4.02. The number of esters is 1. The highest BCUT2D eigenvalue weighted by Gasteiger charge is 2.10. The molecule has 92 valence electrons. The molecule has 1 aromatic rings. The molecule has 1 aromatic carbocycles. The molecule has 0 N–H and O–H groups in total. The second kappa shape index (κ2) is 6.84. The molecule has 0 aliphatic heterocycles. The minimum Gasteiger partial charge on any atom is -0.462 e. The van der Waals surface area contributed by atoms with Crippen LogP contribution in [-0.2, 0) is 4.74 Å². The van der Waals surface area contributed by atoms with Gasteiger partial charge in [0.05, 0.1) is 12.2 Å². The zero-order valence-electron chi connectivity index (χ0n) is 10.4. The quantitative estimate of drug-likeness (QED) is 0.560. The molecule has 3 heteroatoms. The van der Waals surface area contributed by atoms with Gasteiger partial charge in [0.25, 0.3) is 0 Å². The first-order chi connectivity index (χ1) is 8.19. The number of carbonyl (C=O) groups is 2. The molecule has 0 aliphatic carbocycles. The Morgan fingerprint density at radius 3 is 2.53 bits per heavy atom. The predicted octanol–water partition coefficient (Wildman–Crippen LogP) is 3.24. The lowest BCUT2D eigenvalue weighted by molar-refractivity contribution is 0.0526. The molecule has 0 heterocycles. The van der Waals surface area contributed by atoms with E-state index in [1.807, 2.05) is 6.92 Å². The van der Waals surface area contributed by atoms with Gasteiger partial charge in [-0.2, -0.15) is 0 Å². The maximum Gasteiger partial charge on any atom is 0.338 e. The lowest BCUT2D eigenvalue weighted by Crippen LogP contribution is -2.06. The van der Waals surface area contributed by atoms with Crippen LogP contribution in [0.1, 0.15) is 53.8 Å². The van der Waals surface area contributed by atoms with Crippen molar-refractivity contribution >= 4 is 11.8 Å². The fourth-order valence-electron chi connectivity index (χ4n) is 1.52. The van der Waals surface area contributed by atoms with Gasteiger partial charge in [0.15, 0.2) is 5.78 Å². The summed E-state index contributed by atoms with van der Waals surface area (Å²) in [5.74, 6) is -0.296. The summed E-state index contributed by atoms with van der Waals surface area (Å²) in [6.07, 6.45) is 2.40. The molecular weight excluding hydrogens is 216 g/mol. The zero-order valence-corrected chi connectivity index (χ0v) is 10.4. The van der Waals surface area contributed by atoms with Crippen molar-refractivity contribution in [1.29, 1.82) is 0 Å². The molecule has 0 radical (unpaired) electrons. The van der Waals surface area contributed by atoms with Crippen molar-refractivity contribution in [1.82, 2.24) is 0 Å². The van der Waals surface area contributed by atoms with E-state index in [1.54, 1.807) is 31.2 Å². The topological polar surface area (TPSA) is 43.4 Å². The summed E-state index contributed by atoms with van der Waals surface area (Å²) in [4.78, 5) is 23.3. The normalized spacial score (nSPS) is 10.0. The van der Waals surface area contributed by atoms with Crippen molar-refractivity contribution in [2.45, 2.75) is 33.1 Å². The van der Waals surface area contributed by atoms with Crippen LogP contribution in [0.25, 0.3) is 0 Å². The Bertz CT molecular complexity index is 396. The molecule has 1 rings (SSSR count). The third-order valence-corrected chi connectivity index (χ3v) is 2.45. The maximum atomic E-state index is 11.8. The zero-order chi connectivity index (χ0) is 12.7. The van der Waals surface area contributed by atoms with Crippen LogP contribution in [0.5, 0.6) is 0 Å². The molecule has 0 atom stereocenters. The number of ether oxygens (including phenoxy) is 1. The van der Waals surface area contributed by atoms with E-state index in [1.165, 1.54) is 0 Å². The van der Waals surface area contributed by atoms with Gasteiger partial charge in [-0.25, -0.2) is 4.79 Å². The Morgan fingerprint density at radius 2 is 1.88 bits per heavy atom. The lowest BCUT2D eigenvalue weighted by atomic mass is 10.0. The Labute approximate surface area is 102 Å². The Kier molecular flexibility index (Phi) is 5.40. The van der Waals surface area contributed by atoms with Gasteiger partial charge in [0, 0.05) is 12.0 Å². The summed E-state index contributed by atoms with van der Waals surface area (Å²) >= 11 is 0. The van der Waals surface area contributed by atoms with Crippen molar-refractivity contribution in [3.63, 3.8) is 0 Å². The fraction of sp³-hybridized carbons (Fsp3) is 0.429. The highest BCUT2D eigenvalue weighted by atomic mass is 16.5. The molecule has 0 aromatic heterocycles. The minimum atomic E-state index is -0.377. The van der Waals surface area contributed by atoms with Gasteiger partial charge in [-0.1, -0.05) is 25.5 Å². The Hall–Kier alpha value is -1.64. The van der Waals surface area contributed by atoms with E-state index in [-0.39, 0.29) is 11.8 Å². The van der Waals surface area contributed by atoms with Crippen LogP contribution in [0.3, 0.4) is 0 Å². The smallest absolute Gasteiger partial charge is 0.338 e. The summed E-state index contributed by atoms with van der Waals surface area (Å²) in [5, 5.41) is 0. The number of rotatable bonds is 6. The standard InChI is InChI=1S/C14H18O3/c1-3-5-9-13(15)11-7-6-8-12(10-11)14(16)17-4-2/h6-8,10H,3-5,9H2,1-2H3. The second-order valence-electron chi connectivity index (χ2n) is 3.83. The van der Waals surface area contributed by atoms with Gasteiger partial charge in [0.2, 0.25) is 0 Å². The van der Waals surface area contributed by atoms with Gasteiger partial charge in [0.1, 0.15) is 0 Å². The summed E-state index contributed by atoms with van der Waals surface area (Å²) in [6, 6.07) is 6.72. The number of benzene rings is 1. The molecule has 0 spiro atoms. The van der Waals surface area contributed by atoms with Crippen molar-refractivity contribution in [3.8, 4) is 0 Å². The molecule has 0 saturated heterocycles. The highest BCUT2D eigenvalue weighted by Crippen LogP contribution is 2.11. The van der Waals surface area contributed by atoms with Crippen molar-refractivity contribution in [3.05, 3.63) is 35.4 Å². The monoisotopic (exact) mass is 234 g/mol. The average molecular weight is 234 g/mol. The van der Waals surface area contributed by atoms with Crippen LogP contribution in [-0.4, -0.2) is 18.4 Å². The van der Waals surface area contributed by atoms with Crippen molar-refractivity contribution in [2.75, 3.05) is 6.61 Å². The van der Waals surface area contributed by atoms with Crippen LogP contribution in [0.2, 0.25) is 0 Å². The van der Waals surface area contributed by atoms with E-state index in [4.69, 9.17) is 4.74 Å². The fourth-order valence-corrected chi connectivity index (χ4v) is 1.52. The van der Waals surface area contributed by atoms with Gasteiger partial charge < -0.3 is 4.74 Å².